The Kier molecular flexibility index (Phi) is 7.18. The van der Waals surface area contributed by atoms with Crippen LogP contribution >= 0.6 is 0 Å². The Morgan fingerprint density at radius 3 is 2.45 bits per heavy atom. The Hall–Kier alpha value is -3.26. The minimum Gasteiger partial charge on any atom is -0.361 e. The van der Waals surface area contributed by atoms with Crippen LogP contribution in [0.5, 0.6) is 0 Å². The first-order chi connectivity index (χ1) is 20.9. The number of allylic oxidation sites excluding steroid dienone is 11. The van der Waals surface area contributed by atoms with Crippen molar-refractivity contribution in [1.82, 2.24) is 4.90 Å². The van der Waals surface area contributed by atoms with Crippen molar-refractivity contribution in [2.75, 3.05) is 4.90 Å². The monoisotopic (exact) mass is 554 g/mol. The highest BCUT2D eigenvalue weighted by Crippen LogP contribution is 2.55. The summed E-state index contributed by atoms with van der Waals surface area (Å²) in [6.07, 6.45) is 40.6. The highest BCUT2D eigenvalue weighted by molar-refractivity contribution is 5.65. The summed E-state index contributed by atoms with van der Waals surface area (Å²) in [6, 6.07) is 12.9. The largest absolute Gasteiger partial charge is 0.361 e. The van der Waals surface area contributed by atoms with E-state index in [1.807, 2.05) is 0 Å². The number of hydrogen-bond donors (Lipinski definition) is 0. The van der Waals surface area contributed by atoms with Gasteiger partial charge in [0.25, 0.3) is 0 Å². The maximum absolute atomic E-state index is 2.83. The van der Waals surface area contributed by atoms with Crippen molar-refractivity contribution in [2.24, 2.45) is 11.8 Å². The third kappa shape index (κ3) is 4.62. The maximum atomic E-state index is 2.83. The maximum Gasteiger partial charge on any atom is 0.0548 e. The van der Waals surface area contributed by atoms with Crippen molar-refractivity contribution < 1.29 is 0 Å². The summed E-state index contributed by atoms with van der Waals surface area (Å²) >= 11 is 0. The second kappa shape index (κ2) is 11.4. The van der Waals surface area contributed by atoms with Gasteiger partial charge in [0, 0.05) is 29.0 Å². The van der Waals surface area contributed by atoms with Crippen molar-refractivity contribution in [3.63, 3.8) is 0 Å². The number of rotatable bonds is 6. The van der Waals surface area contributed by atoms with Gasteiger partial charge in [-0.3, -0.25) is 0 Å². The van der Waals surface area contributed by atoms with Crippen LogP contribution in [0.25, 0.3) is 0 Å². The van der Waals surface area contributed by atoms with Gasteiger partial charge in [-0.25, -0.2) is 0 Å². The number of nitrogens with zero attached hydrogens (tertiary/aromatic N) is 2. The number of benzene rings is 1. The topological polar surface area (TPSA) is 6.48 Å². The molecule has 0 bridgehead atoms. The standard InChI is InChI=1S/C40H46N2/c1-5-13-31(14-6-1)41(32-15-7-2-8-16-32)37-27-23-29-22-26-36-38(28-24-30-21-25-35(37)39(29)40(30)36)42(33-17-9-3-10-18-33)34-19-11-4-12-20-34/h1-3,5-7,9-10,13,15,17-18,23,27-28,30-31,34-35,37H,4,8,11-12,14,16,19-22,24-26H2. The first kappa shape index (κ1) is 26.4. The Balaban J connectivity index is 1.19. The second-order valence-corrected chi connectivity index (χ2v) is 13.5. The number of hydrogen-bond acceptors (Lipinski definition) is 2. The molecule has 2 heteroatoms. The molecule has 8 rings (SSSR count). The molecule has 7 aliphatic rings. The Labute approximate surface area is 253 Å². The molecule has 216 valence electrons. The summed E-state index contributed by atoms with van der Waals surface area (Å²) in [5, 5.41) is 0. The molecule has 0 aromatic heterocycles. The van der Waals surface area contributed by atoms with Gasteiger partial charge in [-0.2, -0.15) is 0 Å². The van der Waals surface area contributed by atoms with Crippen LogP contribution in [0.2, 0.25) is 0 Å². The zero-order valence-corrected chi connectivity index (χ0v) is 25.1. The predicted octanol–water partition coefficient (Wildman–Crippen LogP) is 9.89. The molecule has 2 nitrogen and oxygen atoms in total. The lowest BCUT2D eigenvalue weighted by Gasteiger charge is -2.51. The van der Waals surface area contributed by atoms with Gasteiger partial charge in [-0.15, -0.1) is 0 Å². The molecule has 0 heterocycles. The van der Waals surface area contributed by atoms with Crippen molar-refractivity contribution in [3.05, 3.63) is 125 Å². The molecule has 0 N–H and O–H groups in total. The molecule has 2 fully saturated rings. The van der Waals surface area contributed by atoms with Crippen LogP contribution in [0.3, 0.4) is 0 Å². The van der Waals surface area contributed by atoms with E-state index >= 15 is 0 Å². The van der Waals surface area contributed by atoms with Gasteiger partial charge >= 0.3 is 0 Å². The van der Waals surface area contributed by atoms with E-state index in [1.54, 1.807) is 28.0 Å². The molecule has 0 radical (unpaired) electrons. The quantitative estimate of drug-likeness (QED) is 0.345. The summed E-state index contributed by atoms with van der Waals surface area (Å²) < 4.78 is 0. The molecular formula is C40H46N2. The summed E-state index contributed by atoms with van der Waals surface area (Å²) in [7, 11) is 0. The third-order valence-electron chi connectivity index (χ3n) is 11.2. The van der Waals surface area contributed by atoms with Crippen molar-refractivity contribution in [2.45, 2.75) is 102 Å². The molecule has 2 saturated carbocycles. The first-order valence-electron chi connectivity index (χ1n) is 17.0. The summed E-state index contributed by atoms with van der Waals surface area (Å²) in [6.45, 7) is 0. The fourth-order valence-corrected chi connectivity index (χ4v) is 9.39. The van der Waals surface area contributed by atoms with Gasteiger partial charge in [0.15, 0.2) is 0 Å². The van der Waals surface area contributed by atoms with Crippen LogP contribution < -0.4 is 4.90 Å². The van der Waals surface area contributed by atoms with Crippen molar-refractivity contribution in [3.8, 4) is 0 Å². The van der Waals surface area contributed by atoms with Crippen LogP contribution in [0.15, 0.2) is 125 Å². The average Bonchev–Trinajstić information content (AvgIpc) is 3.07. The van der Waals surface area contributed by atoms with Gasteiger partial charge in [0.2, 0.25) is 0 Å². The summed E-state index contributed by atoms with van der Waals surface area (Å²) in [5.41, 5.74) is 11.4. The number of anilines is 1. The summed E-state index contributed by atoms with van der Waals surface area (Å²) in [4.78, 5) is 5.63. The number of para-hydroxylation sites is 1. The smallest absolute Gasteiger partial charge is 0.0548 e. The van der Waals surface area contributed by atoms with Crippen LogP contribution in [0.1, 0.15) is 83.5 Å². The summed E-state index contributed by atoms with van der Waals surface area (Å²) in [5.74, 6) is 1.29. The van der Waals surface area contributed by atoms with E-state index in [2.05, 4.69) is 101 Å². The molecule has 7 aliphatic carbocycles. The lowest BCUT2D eigenvalue weighted by molar-refractivity contribution is 0.177. The van der Waals surface area contributed by atoms with Gasteiger partial charge in [0.1, 0.15) is 0 Å². The molecule has 1 aromatic carbocycles. The van der Waals surface area contributed by atoms with Crippen molar-refractivity contribution >= 4 is 5.69 Å². The van der Waals surface area contributed by atoms with E-state index in [4.69, 9.17) is 0 Å². The van der Waals surface area contributed by atoms with Crippen LogP contribution in [-0.2, 0) is 0 Å². The van der Waals surface area contributed by atoms with E-state index in [1.165, 1.54) is 75.6 Å². The van der Waals surface area contributed by atoms with E-state index < -0.39 is 0 Å². The molecule has 0 aliphatic heterocycles. The molecule has 0 saturated heterocycles. The zero-order valence-electron chi connectivity index (χ0n) is 25.1. The fraction of sp³-hybridized carbons (Fsp3) is 0.450. The van der Waals surface area contributed by atoms with E-state index in [0.717, 1.165) is 19.3 Å². The minimum absolute atomic E-state index is 0.438. The van der Waals surface area contributed by atoms with E-state index in [0.29, 0.717) is 30.0 Å². The molecule has 0 amide bonds. The van der Waals surface area contributed by atoms with Crippen LogP contribution in [0, 0.1) is 11.8 Å². The SMILES string of the molecule is C1=CCCC(N(C2C=CC=CC2)C2C=CC3=C4C5=C(CC3)C(N(c3ccccc3)C3CCCCC3)=CCC5CCC42)=C1. The third-order valence-corrected chi connectivity index (χ3v) is 11.2. The van der Waals surface area contributed by atoms with Gasteiger partial charge < -0.3 is 9.80 Å². The van der Waals surface area contributed by atoms with E-state index in [-0.39, 0.29) is 0 Å². The Bertz CT molecular complexity index is 1440. The van der Waals surface area contributed by atoms with E-state index in [9.17, 15) is 0 Å². The molecule has 1 aromatic rings. The van der Waals surface area contributed by atoms with Gasteiger partial charge in [-0.05, 0) is 111 Å². The van der Waals surface area contributed by atoms with Gasteiger partial charge in [0.05, 0.1) is 12.1 Å². The lowest BCUT2D eigenvalue weighted by atomic mass is 9.61. The molecular weight excluding hydrogens is 508 g/mol. The predicted molar refractivity (Wildman–Crippen MR) is 176 cm³/mol. The Morgan fingerprint density at radius 1 is 0.738 bits per heavy atom. The Morgan fingerprint density at radius 2 is 1.64 bits per heavy atom. The molecule has 42 heavy (non-hydrogen) atoms. The zero-order chi connectivity index (χ0) is 27.9. The minimum atomic E-state index is 0.438. The molecule has 0 spiro atoms. The molecule has 4 atom stereocenters. The second-order valence-electron chi connectivity index (χ2n) is 13.5. The fourth-order valence-electron chi connectivity index (χ4n) is 9.39. The lowest BCUT2D eigenvalue weighted by Crippen LogP contribution is -2.48. The van der Waals surface area contributed by atoms with Crippen LogP contribution in [0.4, 0.5) is 5.69 Å². The van der Waals surface area contributed by atoms with Crippen LogP contribution in [-0.4, -0.2) is 23.0 Å². The first-order valence-corrected chi connectivity index (χ1v) is 17.0. The van der Waals surface area contributed by atoms with Crippen molar-refractivity contribution in [1.29, 1.82) is 0 Å². The molecule has 4 unspecified atom stereocenters. The normalized spacial score (nSPS) is 30.2. The highest BCUT2D eigenvalue weighted by Gasteiger charge is 2.45. The highest BCUT2D eigenvalue weighted by atomic mass is 15.2. The van der Waals surface area contributed by atoms with Gasteiger partial charge in [-0.1, -0.05) is 92.1 Å². The average molecular weight is 555 g/mol.